The number of methoxy groups -OCH3 is 1. The average molecular weight is 366 g/mol. The first-order valence-electron chi connectivity index (χ1n) is 8.90. The second-order valence-corrected chi connectivity index (χ2v) is 6.39. The Bertz CT molecular complexity index is 830. The number of para-hydroxylation sites is 1. The lowest BCUT2D eigenvalue weighted by atomic mass is 10.1. The van der Waals surface area contributed by atoms with Gasteiger partial charge in [-0.15, -0.1) is 0 Å². The van der Waals surface area contributed by atoms with E-state index in [1.54, 1.807) is 31.4 Å². The van der Waals surface area contributed by atoms with Crippen LogP contribution in [0.25, 0.3) is 0 Å². The second kappa shape index (κ2) is 8.49. The lowest BCUT2D eigenvalue weighted by molar-refractivity contribution is -0.139. The van der Waals surface area contributed by atoms with Gasteiger partial charge >= 0.3 is 0 Å². The van der Waals surface area contributed by atoms with Gasteiger partial charge in [-0.2, -0.15) is 0 Å². The van der Waals surface area contributed by atoms with E-state index in [-0.39, 0.29) is 37.1 Å². The Morgan fingerprint density at radius 3 is 2.37 bits per heavy atom. The zero-order valence-corrected chi connectivity index (χ0v) is 15.2. The van der Waals surface area contributed by atoms with Crippen LogP contribution in [0.3, 0.4) is 0 Å². The van der Waals surface area contributed by atoms with Crippen molar-refractivity contribution >= 4 is 17.7 Å². The predicted octanol–water partition coefficient (Wildman–Crippen LogP) is 2.32. The van der Waals surface area contributed by atoms with Crippen molar-refractivity contribution in [2.75, 3.05) is 13.7 Å². The molecule has 0 saturated carbocycles. The summed E-state index contributed by atoms with van der Waals surface area (Å²) in [6, 6.07) is 14.7. The molecule has 0 spiro atoms. The van der Waals surface area contributed by atoms with Crippen LogP contribution in [0.4, 0.5) is 0 Å². The molecule has 1 heterocycles. The number of likely N-dealkylation sites (tertiary alicyclic amines) is 1. The summed E-state index contributed by atoms with van der Waals surface area (Å²) in [6.07, 6.45) is 1.24. The first-order chi connectivity index (χ1) is 13.1. The summed E-state index contributed by atoms with van der Waals surface area (Å²) >= 11 is 0. The highest BCUT2D eigenvalue weighted by molar-refractivity contribution is 6.01. The molecular formula is C21H22N2O4. The highest BCUT2D eigenvalue weighted by Crippen LogP contribution is 2.18. The minimum absolute atomic E-state index is 0.141. The van der Waals surface area contributed by atoms with Crippen LogP contribution in [-0.4, -0.2) is 36.3 Å². The van der Waals surface area contributed by atoms with E-state index in [1.165, 1.54) is 4.90 Å². The largest absolute Gasteiger partial charge is 0.496 e. The summed E-state index contributed by atoms with van der Waals surface area (Å²) in [5, 5.41) is 2.89. The number of nitrogens with one attached hydrogen (secondary N) is 1. The van der Waals surface area contributed by atoms with Crippen LogP contribution in [0.1, 0.15) is 34.3 Å². The molecule has 1 fully saturated rings. The third kappa shape index (κ3) is 4.53. The summed E-state index contributed by atoms with van der Waals surface area (Å²) in [5.41, 5.74) is 2.40. The fraction of sp³-hybridized carbons (Fsp3) is 0.286. The third-order valence-corrected chi connectivity index (χ3v) is 4.58. The minimum atomic E-state index is -0.162. The van der Waals surface area contributed by atoms with Gasteiger partial charge in [0.2, 0.25) is 11.8 Å². The van der Waals surface area contributed by atoms with Gasteiger partial charge in [-0.05, 0) is 35.7 Å². The molecule has 0 radical (unpaired) electrons. The van der Waals surface area contributed by atoms with Crippen LogP contribution < -0.4 is 10.1 Å². The van der Waals surface area contributed by atoms with Crippen molar-refractivity contribution in [3.63, 3.8) is 0 Å². The van der Waals surface area contributed by atoms with Crippen molar-refractivity contribution in [2.24, 2.45) is 0 Å². The number of benzene rings is 2. The fourth-order valence-electron chi connectivity index (χ4n) is 3.07. The van der Waals surface area contributed by atoms with Crippen LogP contribution in [0.15, 0.2) is 48.5 Å². The lowest BCUT2D eigenvalue weighted by Crippen LogP contribution is -2.28. The molecule has 0 aromatic heterocycles. The summed E-state index contributed by atoms with van der Waals surface area (Å²) in [6.45, 7) is 0.755. The highest BCUT2D eigenvalue weighted by Gasteiger charge is 2.28. The monoisotopic (exact) mass is 366 g/mol. The van der Waals surface area contributed by atoms with Gasteiger partial charge < -0.3 is 10.1 Å². The van der Waals surface area contributed by atoms with Gasteiger partial charge in [0.05, 0.1) is 13.7 Å². The maximum Gasteiger partial charge on any atom is 0.251 e. The Morgan fingerprint density at radius 2 is 1.70 bits per heavy atom. The van der Waals surface area contributed by atoms with Gasteiger partial charge in [-0.3, -0.25) is 19.3 Å². The maximum absolute atomic E-state index is 12.3. The van der Waals surface area contributed by atoms with E-state index < -0.39 is 0 Å². The van der Waals surface area contributed by atoms with Gasteiger partial charge in [-0.25, -0.2) is 0 Å². The molecule has 2 aromatic carbocycles. The maximum atomic E-state index is 12.3. The molecule has 0 aliphatic carbocycles. The summed E-state index contributed by atoms with van der Waals surface area (Å²) in [4.78, 5) is 36.9. The highest BCUT2D eigenvalue weighted by atomic mass is 16.5. The van der Waals surface area contributed by atoms with Crippen LogP contribution >= 0.6 is 0 Å². The van der Waals surface area contributed by atoms with Crippen LogP contribution in [0, 0.1) is 0 Å². The SMILES string of the molecule is COc1ccccc1CCNC(=O)c1ccc(CN2C(=O)CCC2=O)cc1. The zero-order chi connectivity index (χ0) is 19.2. The first kappa shape index (κ1) is 18.6. The molecule has 3 rings (SSSR count). The van der Waals surface area contributed by atoms with Crippen molar-refractivity contribution in [1.29, 1.82) is 0 Å². The van der Waals surface area contributed by atoms with Gasteiger partial charge in [0.25, 0.3) is 5.91 Å². The molecule has 6 nitrogen and oxygen atoms in total. The van der Waals surface area contributed by atoms with Crippen molar-refractivity contribution < 1.29 is 19.1 Å². The molecule has 1 N–H and O–H groups in total. The number of ether oxygens (including phenoxy) is 1. The van der Waals surface area contributed by atoms with E-state index >= 15 is 0 Å². The fourth-order valence-corrected chi connectivity index (χ4v) is 3.07. The molecule has 27 heavy (non-hydrogen) atoms. The normalized spacial score (nSPS) is 13.7. The van der Waals surface area contributed by atoms with E-state index in [1.807, 2.05) is 24.3 Å². The van der Waals surface area contributed by atoms with E-state index in [9.17, 15) is 14.4 Å². The molecule has 1 aliphatic rings. The number of carbonyl (C=O) groups excluding carboxylic acids is 3. The number of carbonyl (C=O) groups is 3. The summed E-state index contributed by atoms with van der Waals surface area (Å²) in [5.74, 6) is 0.364. The molecule has 1 saturated heterocycles. The number of hydrogen-bond donors (Lipinski definition) is 1. The molecule has 0 unspecified atom stereocenters. The van der Waals surface area contributed by atoms with E-state index in [0.29, 0.717) is 18.5 Å². The van der Waals surface area contributed by atoms with Crippen LogP contribution in [0.2, 0.25) is 0 Å². The molecule has 140 valence electrons. The number of amides is 3. The molecule has 0 atom stereocenters. The van der Waals surface area contributed by atoms with Crippen molar-refractivity contribution in [3.8, 4) is 5.75 Å². The van der Waals surface area contributed by atoms with Gasteiger partial charge in [0.15, 0.2) is 0 Å². The third-order valence-electron chi connectivity index (χ3n) is 4.58. The van der Waals surface area contributed by atoms with E-state index in [4.69, 9.17) is 4.74 Å². The Balaban J connectivity index is 1.53. The second-order valence-electron chi connectivity index (χ2n) is 6.39. The number of imide groups is 1. The molecule has 3 amide bonds. The van der Waals surface area contributed by atoms with E-state index in [2.05, 4.69) is 5.32 Å². The smallest absolute Gasteiger partial charge is 0.251 e. The van der Waals surface area contributed by atoms with Gasteiger partial charge in [0, 0.05) is 24.9 Å². The van der Waals surface area contributed by atoms with Gasteiger partial charge in [-0.1, -0.05) is 30.3 Å². The Morgan fingerprint density at radius 1 is 1.04 bits per heavy atom. The Labute approximate surface area is 158 Å². The van der Waals surface area contributed by atoms with Crippen molar-refractivity contribution in [3.05, 3.63) is 65.2 Å². The summed E-state index contributed by atoms with van der Waals surface area (Å²) < 4.78 is 5.31. The van der Waals surface area contributed by atoms with E-state index in [0.717, 1.165) is 16.9 Å². The number of hydrogen-bond acceptors (Lipinski definition) is 4. The standard InChI is InChI=1S/C21H22N2O4/c1-27-18-5-3-2-4-16(18)12-13-22-21(26)17-8-6-15(7-9-17)14-23-19(24)10-11-20(23)25/h2-9H,10-14H2,1H3,(H,22,26). The molecule has 6 heteroatoms. The lowest BCUT2D eigenvalue weighted by Gasteiger charge is -2.14. The molecule has 2 aromatic rings. The average Bonchev–Trinajstić information content (AvgIpc) is 3.01. The number of rotatable bonds is 7. The summed E-state index contributed by atoms with van der Waals surface area (Å²) in [7, 11) is 1.63. The van der Waals surface area contributed by atoms with Crippen molar-refractivity contribution in [2.45, 2.75) is 25.8 Å². The van der Waals surface area contributed by atoms with Crippen molar-refractivity contribution in [1.82, 2.24) is 10.2 Å². The van der Waals surface area contributed by atoms with Gasteiger partial charge in [0.1, 0.15) is 5.75 Å². The molecular weight excluding hydrogens is 344 g/mol. The molecule has 1 aliphatic heterocycles. The zero-order valence-electron chi connectivity index (χ0n) is 15.2. The molecule has 0 bridgehead atoms. The predicted molar refractivity (Wildman–Crippen MR) is 100 cm³/mol. The quantitative estimate of drug-likeness (QED) is 0.763. The topological polar surface area (TPSA) is 75.7 Å². The first-order valence-corrected chi connectivity index (χ1v) is 8.90. The minimum Gasteiger partial charge on any atom is -0.496 e. The number of nitrogens with zero attached hydrogens (tertiary/aromatic N) is 1. The van der Waals surface area contributed by atoms with Crippen LogP contribution in [-0.2, 0) is 22.6 Å². The Hall–Kier alpha value is -3.15. The Kier molecular flexibility index (Phi) is 5.86. The van der Waals surface area contributed by atoms with Crippen LogP contribution in [0.5, 0.6) is 5.75 Å².